The van der Waals surface area contributed by atoms with E-state index in [1.165, 1.54) is 11.3 Å². The van der Waals surface area contributed by atoms with E-state index in [9.17, 15) is 4.79 Å². The number of hydrogen-bond acceptors (Lipinski definition) is 5. The van der Waals surface area contributed by atoms with Crippen LogP contribution in [0.5, 0.6) is 0 Å². The summed E-state index contributed by atoms with van der Waals surface area (Å²) in [5.41, 5.74) is 17.3. The van der Waals surface area contributed by atoms with Crippen molar-refractivity contribution in [2.24, 2.45) is 22.2 Å². The number of aromatic nitrogens is 2. The molecule has 7 N–H and O–H groups in total. The number of thiazole rings is 1. The summed E-state index contributed by atoms with van der Waals surface area (Å²) >= 11 is 7.30. The molecule has 110 valence electrons. The zero-order valence-corrected chi connectivity index (χ0v) is 12.3. The molecule has 0 saturated carbocycles. The molecule has 2 amide bonds. The summed E-state index contributed by atoms with van der Waals surface area (Å²) < 4.78 is 0. The van der Waals surface area contributed by atoms with Crippen LogP contribution in [0.2, 0.25) is 5.02 Å². The summed E-state index contributed by atoms with van der Waals surface area (Å²) in [5.74, 6) is -0.0682. The Morgan fingerprint density at radius 2 is 2.05 bits per heavy atom. The minimum atomic E-state index is -0.637. The van der Waals surface area contributed by atoms with Gasteiger partial charge in [-0.3, -0.25) is 0 Å². The monoisotopic (exact) mass is 325 g/mol. The third-order valence-corrected chi connectivity index (χ3v) is 3.22. The molecule has 0 radical (unpaired) electrons. The third kappa shape index (κ3) is 4.29. The maximum Gasteiger partial charge on any atom is 0.312 e. The molecule has 0 aliphatic heterocycles. The van der Waals surface area contributed by atoms with E-state index in [0.29, 0.717) is 27.2 Å². The predicted molar refractivity (Wildman–Crippen MR) is 82.2 cm³/mol. The lowest BCUT2D eigenvalue weighted by Gasteiger charge is -2.04. The van der Waals surface area contributed by atoms with Crippen LogP contribution in [0.1, 0.15) is 5.69 Å². The molecule has 0 spiro atoms. The molecule has 0 saturated heterocycles. The first-order valence-electron chi connectivity index (χ1n) is 5.69. The van der Waals surface area contributed by atoms with Crippen molar-refractivity contribution in [3.8, 4) is 11.4 Å². The van der Waals surface area contributed by atoms with Gasteiger partial charge in [0.2, 0.25) is 5.13 Å². The van der Waals surface area contributed by atoms with Gasteiger partial charge in [-0.25, -0.2) is 14.8 Å². The minimum Gasteiger partial charge on any atom is -0.370 e. The summed E-state index contributed by atoms with van der Waals surface area (Å²) in [5, 5.41) is 5.09. The number of halogens is 1. The van der Waals surface area contributed by atoms with E-state index in [1.54, 1.807) is 17.5 Å². The maximum absolute atomic E-state index is 10.7. The van der Waals surface area contributed by atoms with Gasteiger partial charge in [-0.05, 0) is 12.1 Å². The minimum absolute atomic E-state index is 0.0682. The van der Waals surface area contributed by atoms with Crippen LogP contribution >= 0.6 is 22.9 Å². The fraction of sp³-hybridized carbons (Fsp3) is 0.0909. The van der Waals surface area contributed by atoms with E-state index in [2.05, 4.69) is 20.3 Å². The number of aliphatic imine (C=N–C) groups is 1. The van der Waals surface area contributed by atoms with Crippen molar-refractivity contribution in [3.05, 3.63) is 28.2 Å². The highest BCUT2D eigenvalue weighted by atomic mass is 35.5. The van der Waals surface area contributed by atoms with Crippen molar-refractivity contribution in [1.82, 2.24) is 15.3 Å². The second-order valence-electron chi connectivity index (χ2n) is 3.93. The first-order valence-corrected chi connectivity index (χ1v) is 6.95. The molecule has 2 aromatic heterocycles. The average molecular weight is 326 g/mol. The zero-order chi connectivity index (χ0) is 15.4. The summed E-state index contributed by atoms with van der Waals surface area (Å²) in [6.07, 6.45) is 0. The first kappa shape index (κ1) is 15.0. The van der Waals surface area contributed by atoms with Crippen LogP contribution in [0.3, 0.4) is 0 Å². The molecule has 10 heteroatoms. The number of nitrogens with one attached hydrogen (secondary N) is 1. The molecule has 0 aromatic carbocycles. The van der Waals surface area contributed by atoms with Gasteiger partial charge >= 0.3 is 6.03 Å². The molecular weight excluding hydrogens is 314 g/mol. The van der Waals surface area contributed by atoms with Crippen LogP contribution in [0.25, 0.3) is 11.4 Å². The molecule has 2 heterocycles. The molecule has 21 heavy (non-hydrogen) atoms. The van der Waals surface area contributed by atoms with Gasteiger partial charge < -0.3 is 22.5 Å². The highest BCUT2D eigenvalue weighted by molar-refractivity contribution is 7.13. The Morgan fingerprint density at radius 3 is 2.71 bits per heavy atom. The van der Waals surface area contributed by atoms with Crippen LogP contribution in [0, 0.1) is 0 Å². The SMILES string of the molecule is NC(=O)NCc1cc(Cl)cc(-c2csc(N=C(N)N)n2)n1. The lowest BCUT2D eigenvalue weighted by atomic mass is 10.2. The van der Waals surface area contributed by atoms with E-state index < -0.39 is 6.03 Å². The number of hydrogen-bond donors (Lipinski definition) is 4. The molecule has 0 unspecified atom stereocenters. The second kappa shape index (κ2) is 6.37. The van der Waals surface area contributed by atoms with Gasteiger partial charge in [-0.2, -0.15) is 4.99 Å². The van der Waals surface area contributed by atoms with Crippen LogP contribution in [0.4, 0.5) is 9.93 Å². The smallest absolute Gasteiger partial charge is 0.312 e. The Bertz CT molecular complexity index is 696. The lowest BCUT2D eigenvalue weighted by Crippen LogP contribution is -2.29. The van der Waals surface area contributed by atoms with Gasteiger partial charge in [0.15, 0.2) is 5.96 Å². The van der Waals surface area contributed by atoms with Crippen LogP contribution in [0.15, 0.2) is 22.5 Å². The fourth-order valence-electron chi connectivity index (χ4n) is 1.49. The highest BCUT2D eigenvalue weighted by Gasteiger charge is 2.09. The molecule has 8 nitrogen and oxygen atoms in total. The number of nitrogens with zero attached hydrogens (tertiary/aromatic N) is 3. The number of nitrogens with two attached hydrogens (primary N) is 3. The van der Waals surface area contributed by atoms with Gasteiger partial charge in [0, 0.05) is 10.4 Å². The topological polar surface area (TPSA) is 145 Å². The molecule has 0 aliphatic carbocycles. The summed E-state index contributed by atoms with van der Waals surface area (Å²) in [6, 6.07) is 2.65. The van der Waals surface area contributed by atoms with E-state index in [1.807, 2.05) is 0 Å². The lowest BCUT2D eigenvalue weighted by molar-refractivity contribution is 0.248. The molecule has 2 rings (SSSR count). The van der Waals surface area contributed by atoms with E-state index >= 15 is 0 Å². The molecule has 2 aromatic rings. The summed E-state index contributed by atoms with van der Waals surface area (Å²) in [6.45, 7) is 0.174. The summed E-state index contributed by atoms with van der Waals surface area (Å²) in [7, 11) is 0. The molecule has 0 bridgehead atoms. The highest BCUT2D eigenvalue weighted by Crippen LogP contribution is 2.27. The number of carbonyl (C=O) groups is 1. The standard InChI is InChI=1S/C11H12ClN7OS/c12-5-1-6(3-16-10(15)20)17-7(2-5)8-4-21-11(18-8)19-9(13)14/h1-2,4H,3H2,(H3,15,16,20)(H4,13,14,18,19). The number of amides is 2. The van der Waals surface area contributed by atoms with Crippen LogP contribution in [-0.2, 0) is 6.54 Å². The number of rotatable bonds is 4. The molecular formula is C11H12ClN7OS. The van der Waals surface area contributed by atoms with E-state index in [0.717, 1.165) is 0 Å². The van der Waals surface area contributed by atoms with Crippen LogP contribution < -0.4 is 22.5 Å². The van der Waals surface area contributed by atoms with E-state index in [4.69, 9.17) is 28.8 Å². The number of primary amides is 1. The van der Waals surface area contributed by atoms with Crippen molar-refractivity contribution in [2.75, 3.05) is 0 Å². The molecule has 0 fully saturated rings. The number of urea groups is 1. The molecule has 0 atom stereocenters. The van der Waals surface area contributed by atoms with Crippen molar-refractivity contribution in [3.63, 3.8) is 0 Å². The molecule has 0 aliphatic rings. The van der Waals surface area contributed by atoms with Gasteiger partial charge in [0.1, 0.15) is 5.69 Å². The van der Waals surface area contributed by atoms with Crippen molar-refractivity contribution < 1.29 is 4.79 Å². The maximum atomic E-state index is 10.7. The Morgan fingerprint density at radius 1 is 1.29 bits per heavy atom. The Labute approximate surface area is 129 Å². The van der Waals surface area contributed by atoms with Crippen molar-refractivity contribution in [1.29, 1.82) is 0 Å². The number of guanidine groups is 1. The predicted octanol–water partition coefficient (Wildman–Crippen LogP) is 0.932. The van der Waals surface area contributed by atoms with Crippen molar-refractivity contribution >= 4 is 40.1 Å². The Kier molecular flexibility index (Phi) is 4.55. The van der Waals surface area contributed by atoms with Gasteiger partial charge in [-0.1, -0.05) is 11.6 Å². The second-order valence-corrected chi connectivity index (χ2v) is 5.20. The van der Waals surface area contributed by atoms with Gasteiger partial charge in [-0.15, -0.1) is 11.3 Å². The van der Waals surface area contributed by atoms with Crippen molar-refractivity contribution in [2.45, 2.75) is 6.54 Å². The van der Waals surface area contributed by atoms with E-state index in [-0.39, 0.29) is 12.5 Å². The van der Waals surface area contributed by atoms with Crippen LogP contribution in [-0.4, -0.2) is 22.0 Å². The normalized spacial score (nSPS) is 10.1. The zero-order valence-electron chi connectivity index (χ0n) is 10.7. The number of carbonyl (C=O) groups excluding carboxylic acids is 1. The number of pyridine rings is 1. The quantitative estimate of drug-likeness (QED) is 0.488. The third-order valence-electron chi connectivity index (χ3n) is 2.27. The Balaban J connectivity index is 2.28. The van der Waals surface area contributed by atoms with Gasteiger partial charge in [0.25, 0.3) is 0 Å². The van der Waals surface area contributed by atoms with Gasteiger partial charge in [0.05, 0.1) is 17.9 Å². The Hall–Kier alpha value is -2.39. The summed E-state index contributed by atoms with van der Waals surface area (Å²) in [4.78, 5) is 23.2. The fourth-order valence-corrected chi connectivity index (χ4v) is 2.42. The first-order chi connectivity index (χ1) is 9.94. The average Bonchev–Trinajstić information content (AvgIpc) is 2.83. The largest absolute Gasteiger partial charge is 0.370 e.